The van der Waals surface area contributed by atoms with E-state index >= 15 is 0 Å². The van der Waals surface area contributed by atoms with Crippen LogP contribution in [0.2, 0.25) is 0 Å². The number of para-hydroxylation sites is 1. The van der Waals surface area contributed by atoms with Crippen molar-refractivity contribution in [2.24, 2.45) is 5.92 Å². The van der Waals surface area contributed by atoms with Crippen molar-refractivity contribution in [3.05, 3.63) is 72.4 Å². The lowest BCUT2D eigenvalue weighted by Crippen LogP contribution is -2.57. The van der Waals surface area contributed by atoms with Crippen LogP contribution < -0.4 is 15.5 Å². The Hall–Kier alpha value is -3.45. The maximum Gasteiger partial charge on any atom is 0.231 e. The summed E-state index contributed by atoms with van der Waals surface area (Å²) in [6.45, 7) is 2.56. The van der Waals surface area contributed by atoms with E-state index in [4.69, 9.17) is 0 Å². The number of nitrogens with one attached hydrogen (secondary N) is 2. The van der Waals surface area contributed by atoms with E-state index in [1.807, 2.05) is 36.4 Å². The van der Waals surface area contributed by atoms with E-state index in [1.165, 1.54) is 6.42 Å². The van der Waals surface area contributed by atoms with Gasteiger partial charge in [0.05, 0.1) is 23.0 Å². The second-order valence-corrected chi connectivity index (χ2v) is 10.2. The number of rotatable bonds is 5. The lowest BCUT2D eigenvalue weighted by Gasteiger charge is -2.42. The van der Waals surface area contributed by atoms with Gasteiger partial charge in [-0.2, -0.15) is 10.2 Å². The number of fused-ring (bicyclic) bond motifs is 2. The number of hydrogen-bond donors (Lipinski definition) is 3. The minimum atomic E-state index is -0.541. The van der Waals surface area contributed by atoms with Crippen LogP contribution in [0.5, 0.6) is 5.75 Å². The molecule has 3 atom stereocenters. The average molecular weight is 470 g/mol. The van der Waals surface area contributed by atoms with Gasteiger partial charge in [0, 0.05) is 30.7 Å². The molecule has 3 unspecified atom stereocenters. The molecule has 2 aromatic carbocycles. The van der Waals surface area contributed by atoms with E-state index in [9.17, 15) is 9.90 Å². The summed E-state index contributed by atoms with van der Waals surface area (Å²) in [7, 11) is 0. The van der Waals surface area contributed by atoms with Gasteiger partial charge in [-0.25, -0.2) is 0 Å². The minimum Gasteiger partial charge on any atom is -0.507 e. The second-order valence-electron chi connectivity index (χ2n) is 10.2. The zero-order valence-electron chi connectivity index (χ0n) is 19.7. The monoisotopic (exact) mass is 469 g/mol. The molecule has 3 N–H and O–H groups in total. The molecular formula is C28H31N5O2. The standard InChI is InChI=1S/C28H31N5O2/c34-26-9-5-4-8-22(26)23-16-21(18-30-32-23)33-12-10-28(11-13-33,20-6-2-1-3-7-20)27(35)31-25-15-19-14-24(25)29-17-19/h1-9,16,18-19,24-25,29,34H,10-15,17H2,(H,31,35). The topological polar surface area (TPSA) is 90.4 Å². The van der Waals surface area contributed by atoms with Crippen LogP contribution in [0.4, 0.5) is 5.69 Å². The number of aromatic nitrogens is 2. The summed E-state index contributed by atoms with van der Waals surface area (Å²) in [4.78, 5) is 16.1. The van der Waals surface area contributed by atoms with Crippen molar-refractivity contribution < 1.29 is 9.90 Å². The Morgan fingerprint density at radius 1 is 1.06 bits per heavy atom. The normalized spacial score (nSPS) is 24.9. The molecule has 1 saturated carbocycles. The van der Waals surface area contributed by atoms with Crippen molar-refractivity contribution >= 4 is 11.6 Å². The first-order valence-corrected chi connectivity index (χ1v) is 12.6. The zero-order valence-corrected chi connectivity index (χ0v) is 19.7. The SMILES string of the molecule is O=C(NC1CC2CNC1C2)C1(c2ccccc2)CCN(c2cnnc(-c3ccccc3O)c2)CC1. The highest BCUT2D eigenvalue weighted by Crippen LogP contribution is 2.39. The molecule has 7 nitrogen and oxygen atoms in total. The van der Waals surface area contributed by atoms with E-state index in [2.05, 4.69) is 37.9 Å². The average Bonchev–Trinajstić information content (AvgIpc) is 3.53. The molecule has 2 aliphatic heterocycles. The van der Waals surface area contributed by atoms with E-state index < -0.39 is 5.41 Å². The number of piperidine rings is 2. The van der Waals surface area contributed by atoms with Crippen LogP contribution >= 0.6 is 0 Å². The highest BCUT2D eigenvalue weighted by atomic mass is 16.3. The van der Waals surface area contributed by atoms with Gasteiger partial charge >= 0.3 is 0 Å². The molecule has 3 heterocycles. The maximum atomic E-state index is 13.9. The van der Waals surface area contributed by atoms with Gasteiger partial charge in [-0.1, -0.05) is 42.5 Å². The Bertz CT molecular complexity index is 1210. The summed E-state index contributed by atoms with van der Waals surface area (Å²) in [5.41, 5.74) is 2.81. The number of phenolic OH excluding ortho intramolecular Hbond substituents is 1. The lowest BCUT2D eigenvalue weighted by molar-refractivity contribution is -0.128. The number of anilines is 1. The Labute approximate surface area is 205 Å². The predicted octanol–water partition coefficient (Wildman–Crippen LogP) is 3.25. The zero-order chi connectivity index (χ0) is 23.8. The third-order valence-electron chi connectivity index (χ3n) is 8.21. The van der Waals surface area contributed by atoms with Crippen molar-refractivity contribution in [3.63, 3.8) is 0 Å². The Balaban J connectivity index is 1.23. The smallest absolute Gasteiger partial charge is 0.231 e. The minimum absolute atomic E-state index is 0.158. The Morgan fingerprint density at radius 2 is 1.83 bits per heavy atom. The fraction of sp³-hybridized carbons (Fsp3) is 0.393. The van der Waals surface area contributed by atoms with Gasteiger partial charge in [0.1, 0.15) is 5.75 Å². The third kappa shape index (κ3) is 4.04. The van der Waals surface area contributed by atoms with Crippen molar-refractivity contribution in [2.45, 2.75) is 43.2 Å². The number of benzene rings is 2. The molecule has 6 rings (SSSR count). The van der Waals surface area contributed by atoms with Gasteiger partial charge in [0.25, 0.3) is 0 Å². The molecule has 0 radical (unpaired) electrons. The molecule has 3 aromatic rings. The molecule has 35 heavy (non-hydrogen) atoms. The van der Waals surface area contributed by atoms with E-state index in [0.717, 1.165) is 50.1 Å². The molecule has 3 fully saturated rings. The number of phenols is 1. The van der Waals surface area contributed by atoms with Crippen LogP contribution in [-0.4, -0.2) is 52.9 Å². The molecule has 1 aliphatic carbocycles. The number of carbonyl (C=O) groups excluding carboxylic acids is 1. The van der Waals surface area contributed by atoms with E-state index in [0.29, 0.717) is 23.2 Å². The Morgan fingerprint density at radius 3 is 2.54 bits per heavy atom. The van der Waals surface area contributed by atoms with Crippen molar-refractivity contribution in [3.8, 4) is 17.0 Å². The van der Waals surface area contributed by atoms with Crippen molar-refractivity contribution in [2.75, 3.05) is 24.5 Å². The van der Waals surface area contributed by atoms with Gasteiger partial charge in [-0.05, 0) is 61.9 Å². The van der Waals surface area contributed by atoms with Crippen LogP contribution in [0.3, 0.4) is 0 Å². The van der Waals surface area contributed by atoms with Crippen LogP contribution in [0.1, 0.15) is 31.2 Å². The number of nitrogens with zero attached hydrogens (tertiary/aromatic N) is 3. The quantitative estimate of drug-likeness (QED) is 0.532. The first kappa shape index (κ1) is 22.0. The van der Waals surface area contributed by atoms with E-state index in [1.54, 1.807) is 18.3 Å². The summed E-state index contributed by atoms with van der Waals surface area (Å²) in [5.74, 6) is 1.04. The van der Waals surface area contributed by atoms with Gasteiger partial charge < -0.3 is 20.6 Å². The number of hydrogen-bond acceptors (Lipinski definition) is 6. The van der Waals surface area contributed by atoms with Crippen LogP contribution in [0.15, 0.2) is 66.9 Å². The molecule has 7 heteroatoms. The molecule has 180 valence electrons. The van der Waals surface area contributed by atoms with Gasteiger partial charge in [-0.15, -0.1) is 0 Å². The number of carbonyl (C=O) groups is 1. The summed E-state index contributed by atoms with van der Waals surface area (Å²) < 4.78 is 0. The molecule has 2 saturated heterocycles. The van der Waals surface area contributed by atoms with Crippen LogP contribution in [0, 0.1) is 5.92 Å². The Kier molecular flexibility index (Phi) is 5.65. The second kappa shape index (κ2) is 8.96. The first-order valence-electron chi connectivity index (χ1n) is 12.6. The van der Waals surface area contributed by atoms with Gasteiger partial charge in [-0.3, -0.25) is 4.79 Å². The highest BCUT2D eigenvalue weighted by molar-refractivity contribution is 5.89. The molecular weight excluding hydrogens is 438 g/mol. The number of aromatic hydroxyl groups is 1. The van der Waals surface area contributed by atoms with Crippen LogP contribution in [-0.2, 0) is 10.2 Å². The molecule has 3 aliphatic rings. The third-order valence-corrected chi connectivity index (χ3v) is 8.21. The molecule has 1 amide bonds. The fourth-order valence-corrected chi connectivity index (χ4v) is 6.22. The lowest BCUT2D eigenvalue weighted by atomic mass is 9.71. The first-order chi connectivity index (χ1) is 17.1. The maximum absolute atomic E-state index is 13.9. The number of amides is 1. The molecule has 1 aromatic heterocycles. The summed E-state index contributed by atoms with van der Waals surface area (Å²) in [5, 5.41) is 25.7. The van der Waals surface area contributed by atoms with E-state index in [-0.39, 0.29) is 17.7 Å². The van der Waals surface area contributed by atoms with Crippen molar-refractivity contribution in [1.29, 1.82) is 0 Å². The summed E-state index contributed by atoms with van der Waals surface area (Å²) in [6, 6.07) is 20.0. The largest absolute Gasteiger partial charge is 0.507 e. The van der Waals surface area contributed by atoms with Crippen molar-refractivity contribution in [1.82, 2.24) is 20.8 Å². The van der Waals surface area contributed by atoms with Gasteiger partial charge in [0.2, 0.25) is 5.91 Å². The summed E-state index contributed by atoms with van der Waals surface area (Å²) >= 11 is 0. The van der Waals surface area contributed by atoms with Crippen LogP contribution in [0.25, 0.3) is 11.3 Å². The molecule has 2 bridgehead atoms. The summed E-state index contributed by atoms with van der Waals surface area (Å²) in [6.07, 6.45) is 5.47. The highest BCUT2D eigenvalue weighted by Gasteiger charge is 2.46. The fourth-order valence-electron chi connectivity index (χ4n) is 6.22. The predicted molar refractivity (Wildman–Crippen MR) is 135 cm³/mol. The van der Waals surface area contributed by atoms with Gasteiger partial charge in [0.15, 0.2) is 0 Å². The molecule has 0 spiro atoms.